The number of nitrogens with zero attached hydrogens (tertiary/aromatic N) is 1. The van der Waals surface area contributed by atoms with Crippen molar-refractivity contribution in [2.75, 3.05) is 19.8 Å². The highest BCUT2D eigenvalue weighted by Crippen LogP contribution is 2.14. The summed E-state index contributed by atoms with van der Waals surface area (Å²) in [6.07, 6.45) is -0.743. The van der Waals surface area contributed by atoms with Gasteiger partial charge in [-0.1, -0.05) is 24.3 Å². The van der Waals surface area contributed by atoms with E-state index in [-0.39, 0.29) is 19.1 Å². The zero-order chi connectivity index (χ0) is 13.4. The molecule has 0 aromatic heterocycles. The van der Waals surface area contributed by atoms with Gasteiger partial charge in [-0.2, -0.15) is 0 Å². The zero-order valence-corrected chi connectivity index (χ0v) is 10.1. The van der Waals surface area contributed by atoms with E-state index < -0.39 is 12.8 Å². The van der Waals surface area contributed by atoms with E-state index in [9.17, 15) is 9.50 Å². The highest BCUT2D eigenvalue weighted by atomic mass is 19.1. The second-order valence-corrected chi connectivity index (χ2v) is 3.76. The molecule has 0 heterocycles. The number of ether oxygens (including phenoxy) is 1. The normalized spacial score (nSPS) is 12.1. The number of aliphatic hydroxyl groups is 1. The molecular formula is C12H18FN3O2. The van der Waals surface area contributed by atoms with Crippen LogP contribution in [0.5, 0.6) is 0 Å². The Hall–Kier alpha value is -1.66. The molecule has 5 N–H and O–H groups in total. The van der Waals surface area contributed by atoms with Crippen molar-refractivity contribution < 1.29 is 14.2 Å². The molecule has 5 nitrogen and oxygen atoms in total. The molecule has 0 fully saturated rings. The molecule has 0 saturated heterocycles. The van der Waals surface area contributed by atoms with Gasteiger partial charge >= 0.3 is 0 Å². The quantitative estimate of drug-likeness (QED) is 0.375. The third kappa shape index (κ3) is 5.11. The maximum Gasteiger partial charge on any atom is 0.186 e. The van der Waals surface area contributed by atoms with E-state index in [1.54, 1.807) is 12.1 Å². The van der Waals surface area contributed by atoms with Crippen LogP contribution in [0.1, 0.15) is 17.2 Å². The summed E-state index contributed by atoms with van der Waals surface area (Å²) < 4.78 is 16.9. The summed E-state index contributed by atoms with van der Waals surface area (Å²) in [6, 6.07) is 7.15. The third-order valence-corrected chi connectivity index (χ3v) is 2.30. The van der Waals surface area contributed by atoms with E-state index in [1.165, 1.54) is 0 Å². The van der Waals surface area contributed by atoms with Crippen LogP contribution in [0.25, 0.3) is 0 Å². The van der Waals surface area contributed by atoms with Gasteiger partial charge in [0.1, 0.15) is 6.67 Å². The number of nitrogens with two attached hydrogens (primary N) is 2. The van der Waals surface area contributed by atoms with Crippen molar-refractivity contribution in [1.29, 1.82) is 0 Å². The fourth-order valence-corrected chi connectivity index (χ4v) is 1.38. The number of hydrogen-bond donors (Lipinski definition) is 3. The molecule has 0 bridgehead atoms. The molecule has 1 unspecified atom stereocenters. The monoisotopic (exact) mass is 255 g/mol. The highest BCUT2D eigenvalue weighted by molar-refractivity contribution is 5.75. The number of rotatable bonds is 7. The molecule has 1 aromatic carbocycles. The molecular weight excluding hydrogens is 237 g/mol. The molecule has 0 saturated carbocycles. The number of benzene rings is 1. The van der Waals surface area contributed by atoms with Crippen molar-refractivity contribution >= 4 is 5.96 Å². The van der Waals surface area contributed by atoms with Gasteiger partial charge in [-0.15, -0.1) is 0 Å². The molecule has 0 aliphatic heterocycles. The van der Waals surface area contributed by atoms with Crippen molar-refractivity contribution in [1.82, 2.24) is 0 Å². The molecule has 1 rings (SSSR count). The van der Waals surface area contributed by atoms with Gasteiger partial charge < -0.3 is 21.3 Å². The van der Waals surface area contributed by atoms with E-state index in [1.807, 2.05) is 12.1 Å². The van der Waals surface area contributed by atoms with Crippen LogP contribution >= 0.6 is 0 Å². The number of hydrogen-bond acceptors (Lipinski definition) is 3. The second kappa shape index (κ2) is 7.62. The second-order valence-electron chi connectivity index (χ2n) is 3.76. The lowest BCUT2D eigenvalue weighted by molar-refractivity contribution is 0.106. The first-order chi connectivity index (χ1) is 8.63. The predicted molar refractivity (Wildman–Crippen MR) is 67.7 cm³/mol. The van der Waals surface area contributed by atoms with Crippen LogP contribution in [-0.2, 0) is 11.3 Å². The van der Waals surface area contributed by atoms with Crippen molar-refractivity contribution in [2.45, 2.75) is 12.7 Å². The summed E-state index contributed by atoms with van der Waals surface area (Å²) in [5.41, 5.74) is 12.0. The smallest absolute Gasteiger partial charge is 0.186 e. The minimum Gasteiger partial charge on any atom is -0.386 e. The molecule has 6 heteroatoms. The van der Waals surface area contributed by atoms with Gasteiger partial charge in [0.05, 0.1) is 25.9 Å². The predicted octanol–water partition coefficient (Wildman–Crippen LogP) is 0.480. The number of aliphatic imine (C=N–C) groups is 1. The van der Waals surface area contributed by atoms with Crippen LogP contribution in [0.4, 0.5) is 4.39 Å². The molecule has 0 amide bonds. The minimum absolute atomic E-state index is 0.0507. The van der Waals surface area contributed by atoms with Crippen molar-refractivity contribution in [3.05, 3.63) is 35.4 Å². The van der Waals surface area contributed by atoms with E-state index in [2.05, 4.69) is 4.99 Å². The Morgan fingerprint density at radius 2 is 2.00 bits per heavy atom. The van der Waals surface area contributed by atoms with Crippen molar-refractivity contribution in [3.63, 3.8) is 0 Å². The van der Waals surface area contributed by atoms with Crippen LogP contribution in [-0.4, -0.2) is 30.9 Å². The van der Waals surface area contributed by atoms with E-state index >= 15 is 0 Å². The summed E-state index contributed by atoms with van der Waals surface area (Å²) in [4.78, 5) is 3.74. The summed E-state index contributed by atoms with van der Waals surface area (Å²) in [5.74, 6) is -0.0507. The van der Waals surface area contributed by atoms with Crippen LogP contribution < -0.4 is 11.5 Å². The lowest BCUT2D eigenvalue weighted by atomic mass is 10.1. The average molecular weight is 255 g/mol. The molecule has 18 heavy (non-hydrogen) atoms. The Bertz CT molecular complexity index is 377. The number of guanidine groups is 1. The fraction of sp³-hybridized carbons (Fsp3) is 0.417. The molecule has 1 atom stereocenters. The van der Waals surface area contributed by atoms with Crippen molar-refractivity contribution in [3.8, 4) is 0 Å². The van der Waals surface area contributed by atoms with Crippen LogP contribution in [0, 0.1) is 0 Å². The lowest BCUT2D eigenvalue weighted by Crippen LogP contribution is -2.23. The van der Waals surface area contributed by atoms with Crippen LogP contribution in [0.2, 0.25) is 0 Å². The third-order valence-electron chi connectivity index (χ3n) is 2.30. The standard InChI is InChI=1S/C12H18FN3O2/c13-5-6-18-8-9-1-3-10(4-2-9)11(17)7-16-12(14)15/h1-4,11,17H,5-8H2,(H4,14,15,16). The minimum atomic E-state index is -0.743. The number of halogens is 1. The number of alkyl halides is 1. The molecule has 0 aliphatic carbocycles. The first kappa shape index (κ1) is 14.4. The van der Waals surface area contributed by atoms with Gasteiger partial charge in [0, 0.05) is 0 Å². The first-order valence-corrected chi connectivity index (χ1v) is 5.59. The highest BCUT2D eigenvalue weighted by Gasteiger charge is 2.06. The molecule has 0 radical (unpaired) electrons. The van der Waals surface area contributed by atoms with Crippen molar-refractivity contribution in [2.24, 2.45) is 16.5 Å². The summed E-state index contributed by atoms with van der Waals surface area (Å²) in [6.45, 7) is 0.0818. The van der Waals surface area contributed by atoms with Gasteiger partial charge in [-0.3, -0.25) is 4.99 Å². The molecule has 0 spiro atoms. The fourth-order valence-electron chi connectivity index (χ4n) is 1.38. The largest absolute Gasteiger partial charge is 0.386 e. The Balaban J connectivity index is 2.51. The molecule has 1 aromatic rings. The summed E-state index contributed by atoms with van der Waals surface area (Å²) >= 11 is 0. The first-order valence-electron chi connectivity index (χ1n) is 5.59. The van der Waals surface area contributed by atoms with Crippen LogP contribution in [0.3, 0.4) is 0 Å². The molecule has 0 aliphatic rings. The summed E-state index contributed by atoms with van der Waals surface area (Å²) in [7, 11) is 0. The zero-order valence-electron chi connectivity index (χ0n) is 10.1. The van der Waals surface area contributed by atoms with Gasteiger partial charge in [0.25, 0.3) is 0 Å². The van der Waals surface area contributed by atoms with Crippen LogP contribution in [0.15, 0.2) is 29.3 Å². The topological polar surface area (TPSA) is 93.9 Å². The van der Waals surface area contributed by atoms with Gasteiger partial charge in [-0.25, -0.2) is 4.39 Å². The Morgan fingerprint density at radius 3 is 2.56 bits per heavy atom. The lowest BCUT2D eigenvalue weighted by Gasteiger charge is -2.09. The van der Waals surface area contributed by atoms with Gasteiger partial charge in [0.2, 0.25) is 0 Å². The SMILES string of the molecule is NC(N)=NCC(O)c1ccc(COCCF)cc1. The maximum absolute atomic E-state index is 11.8. The Labute approximate surface area is 105 Å². The average Bonchev–Trinajstić information content (AvgIpc) is 2.37. The Kier molecular flexibility index (Phi) is 6.10. The van der Waals surface area contributed by atoms with E-state index in [4.69, 9.17) is 16.2 Å². The Morgan fingerprint density at radius 1 is 1.33 bits per heavy atom. The maximum atomic E-state index is 11.8. The van der Waals surface area contributed by atoms with E-state index in [0.717, 1.165) is 5.56 Å². The molecule has 100 valence electrons. The summed E-state index contributed by atoms with van der Waals surface area (Å²) in [5, 5.41) is 9.78. The van der Waals surface area contributed by atoms with Gasteiger partial charge in [0.15, 0.2) is 5.96 Å². The number of aliphatic hydroxyl groups excluding tert-OH is 1. The van der Waals surface area contributed by atoms with E-state index in [0.29, 0.717) is 12.2 Å². The van der Waals surface area contributed by atoms with Gasteiger partial charge in [-0.05, 0) is 11.1 Å².